The van der Waals surface area contributed by atoms with E-state index in [0.717, 1.165) is 6.07 Å². The smallest absolute Gasteiger partial charge is 0.497 e. The van der Waals surface area contributed by atoms with E-state index in [-0.39, 0.29) is 23.6 Å². The van der Waals surface area contributed by atoms with E-state index in [0.29, 0.717) is 11.5 Å². The first-order valence-electron chi connectivity index (χ1n) is 8.31. The summed E-state index contributed by atoms with van der Waals surface area (Å²) in [6.07, 6.45) is -3.19. The van der Waals surface area contributed by atoms with Crippen LogP contribution in [0.2, 0.25) is 0 Å². The Bertz CT molecular complexity index is 980. The van der Waals surface area contributed by atoms with E-state index in [4.69, 9.17) is 4.74 Å². The fourth-order valence-electron chi connectivity index (χ4n) is 2.60. The van der Waals surface area contributed by atoms with Crippen LogP contribution in [-0.2, 0) is 0 Å². The minimum atomic E-state index is -4.87. The van der Waals surface area contributed by atoms with E-state index >= 15 is 0 Å². The van der Waals surface area contributed by atoms with Crippen LogP contribution in [0.4, 0.5) is 19.1 Å². The van der Waals surface area contributed by atoms with Crippen molar-refractivity contribution in [3.63, 3.8) is 0 Å². The molecule has 2 N–H and O–H groups in total. The zero-order valence-corrected chi connectivity index (χ0v) is 15.4. The third-order valence-electron chi connectivity index (χ3n) is 3.81. The molecule has 3 rings (SSSR count). The number of methoxy groups -OCH3 is 1. The lowest BCUT2D eigenvalue weighted by Gasteiger charge is -2.19. The lowest BCUT2D eigenvalue weighted by molar-refractivity contribution is -0.274. The van der Waals surface area contributed by atoms with Crippen LogP contribution in [0.3, 0.4) is 0 Å². The van der Waals surface area contributed by atoms with E-state index in [1.54, 1.807) is 36.6 Å². The summed E-state index contributed by atoms with van der Waals surface area (Å²) in [7, 11) is 1.35. The first-order valence-corrected chi connectivity index (χ1v) is 8.31. The monoisotopic (exact) mass is 396 g/mol. The van der Waals surface area contributed by atoms with Crippen LogP contribution < -0.4 is 14.8 Å². The first-order chi connectivity index (χ1) is 13.1. The van der Waals surface area contributed by atoms with Gasteiger partial charge in [0.1, 0.15) is 17.2 Å². The average molecular weight is 396 g/mol. The molecule has 0 fully saturated rings. The van der Waals surface area contributed by atoms with Gasteiger partial charge in [0.05, 0.1) is 18.2 Å². The second-order valence-corrected chi connectivity index (χ2v) is 6.71. The van der Waals surface area contributed by atoms with Gasteiger partial charge in [0.25, 0.3) is 0 Å². The van der Waals surface area contributed by atoms with Crippen LogP contribution in [0.25, 0.3) is 16.8 Å². The van der Waals surface area contributed by atoms with E-state index in [2.05, 4.69) is 20.3 Å². The standard InChI is InChI=1S/C18H19F3N4O3/c1-17(2,26)10-22-16-24-23-15(13-5-4-8-25(13)16)12-7-6-11(27-3)9-14(12)28-18(19,20)21/h4-9,26H,10H2,1-3H3,(H,22,24). The minimum absolute atomic E-state index is 0.114. The van der Waals surface area contributed by atoms with Gasteiger partial charge in [0, 0.05) is 24.4 Å². The molecule has 0 saturated heterocycles. The normalized spacial score (nSPS) is 12.2. The Morgan fingerprint density at radius 2 is 1.93 bits per heavy atom. The van der Waals surface area contributed by atoms with Crippen molar-refractivity contribution < 1.29 is 27.8 Å². The van der Waals surface area contributed by atoms with E-state index < -0.39 is 17.7 Å². The number of fused-ring (bicyclic) bond motifs is 1. The largest absolute Gasteiger partial charge is 0.573 e. The molecule has 0 amide bonds. The number of anilines is 1. The van der Waals surface area contributed by atoms with Gasteiger partial charge in [-0.05, 0) is 38.1 Å². The van der Waals surface area contributed by atoms with Gasteiger partial charge < -0.3 is 19.9 Å². The fraction of sp³-hybridized carbons (Fsp3) is 0.333. The molecule has 3 aromatic rings. The SMILES string of the molecule is COc1ccc(-c2nnc(NCC(C)(C)O)n3cccc23)c(OC(F)(F)F)c1. The number of halogens is 3. The van der Waals surface area contributed by atoms with Gasteiger partial charge in [0.2, 0.25) is 5.95 Å². The number of hydrogen-bond acceptors (Lipinski definition) is 6. The van der Waals surface area contributed by atoms with Crippen molar-refractivity contribution in [3.8, 4) is 22.8 Å². The highest BCUT2D eigenvalue weighted by atomic mass is 19.4. The van der Waals surface area contributed by atoms with Crippen molar-refractivity contribution in [1.82, 2.24) is 14.6 Å². The number of nitrogens with one attached hydrogen (secondary N) is 1. The predicted molar refractivity (Wildman–Crippen MR) is 96.4 cm³/mol. The van der Waals surface area contributed by atoms with Crippen molar-refractivity contribution in [2.24, 2.45) is 0 Å². The van der Waals surface area contributed by atoms with Gasteiger partial charge in [-0.1, -0.05) is 0 Å². The maximum atomic E-state index is 12.9. The van der Waals surface area contributed by atoms with E-state index in [1.165, 1.54) is 19.2 Å². The molecule has 0 atom stereocenters. The number of benzene rings is 1. The molecule has 0 saturated carbocycles. The molecule has 0 radical (unpaired) electrons. The Morgan fingerprint density at radius 3 is 2.57 bits per heavy atom. The highest BCUT2D eigenvalue weighted by Crippen LogP contribution is 2.37. The summed E-state index contributed by atoms with van der Waals surface area (Å²) in [5, 5.41) is 21.0. The molecule has 7 nitrogen and oxygen atoms in total. The number of nitrogens with zero attached hydrogens (tertiary/aromatic N) is 3. The second kappa shape index (κ2) is 7.19. The molecule has 0 aliphatic rings. The van der Waals surface area contributed by atoms with Gasteiger partial charge in [-0.25, -0.2) is 0 Å². The number of ether oxygens (including phenoxy) is 2. The third-order valence-corrected chi connectivity index (χ3v) is 3.81. The topological polar surface area (TPSA) is 80.9 Å². The van der Waals surface area contributed by atoms with Crippen LogP contribution in [0, 0.1) is 0 Å². The number of rotatable bonds is 6. The van der Waals surface area contributed by atoms with Gasteiger partial charge >= 0.3 is 6.36 Å². The summed E-state index contributed by atoms with van der Waals surface area (Å²) in [5.74, 6) is 0.116. The average Bonchev–Trinajstić information content (AvgIpc) is 3.07. The van der Waals surface area contributed by atoms with Crippen LogP contribution in [0.15, 0.2) is 36.5 Å². The molecule has 10 heteroatoms. The first kappa shape index (κ1) is 19.7. The second-order valence-electron chi connectivity index (χ2n) is 6.71. The molecule has 0 spiro atoms. The Morgan fingerprint density at radius 1 is 1.18 bits per heavy atom. The molecule has 2 heterocycles. The quantitative estimate of drug-likeness (QED) is 0.664. The van der Waals surface area contributed by atoms with Gasteiger partial charge in [0.15, 0.2) is 0 Å². The maximum Gasteiger partial charge on any atom is 0.573 e. The highest BCUT2D eigenvalue weighted by Gasteiger charge is 2.33. The zero-order valence-electron chi connectivity index (χ0n) is 15.4. The van der Waals surface area contributed by atoms with Crippen molar-refractivity contribution in [1.29, 1.82) is 0 Å². The number of aromatic nitrogens is 3. The molecule has 0 aliphatic carbocycles. The zero-order chi connectivity index (χ0) is 20.5. The Balaban J connectivity index is 2.08. The molecule has 28 heavy (non-hydrogen) atoms. The lowest BCUT2D eigenvalue weighted by atomic mass is 10.1. The minimum Gasteiger partial charge on any atom is -0.497 e. The van der Waals surface area contributed by atoms with Crippen molar-refractivity contribution in [2.45, 2.75) is 25.8 Å². The predicted octanol–water partition coefficient (Wildman–Crippen LogP) is 3.49. The van der Waals surface area contributed by atoms with E-state index in [9.17, 15) is 18.3 Å². The maximum absolute atomic E-state index is 12.9. The Labute approximate surface area is 158 Å². The van der Waals surface area contributed by atoms with E-state index in [1.807, 2.05) is 0 Å². The van der Waals surface area contributed by atoms with Crippen molar-refractivity contribution >= 4 is 11.5 Å². The fourth-order valence-corrected chi connectivity index (χ4v) is 2.60. The lowest BCUT2D eigenvalue weighted by Crippen LogP contribution is -2.30. The molecule has 0 bridgehead atoms. The summed E-state index contributed by atoms with van der Waals surface area (Å²) < 4.78 is 49.4. The molecular weight excluding hydrogens is 377 g/mol. The number of aliphatic hydroxyl groups is 1. The molecule has 150 valence electrons. The molecule has 1 aromatic carbocycles. The van der Waals surface area contributed by atoms with Crippen molar-refractivity contribution in [3.05, 3.63) is 36.5 Å². The van der Waals surface area contributed by atoms with Crippen LogP contribution in [0.1, 0.15) is 13.8 Å². The van der Waals surface area contributed by atoms with Gasteiger partial charge in [-0.2, -0.15) is 0 Å². The Hall–Kier alpha value is -3.01. The highest BCUT2D eigenvalue weighted by molar-refractivity contribution is 5.81. The summed E-state index contributed by atoms with van der Waals surface area (Å²) in [6, 6.07) is 7.50. The molecule has 0 unspecified atom stereocenters. The summed E-state index contributed by atoms with van der Waals surface area (Å²) in [5.41, 5.74) is -0.140. The van der Waals surface area contributed by atoms with Crippen LogP contribution >= 0.6 is 0 Å². The van der Waals surface area contributed by atoms with Gasteiger partial charge in [-0.15, -0.1) is 23.4 Å². The summed E-state index contributed by atoms with van der Waals surface area (Å²) >= 11 is 0. The van der Waals surface area contributed by atoms with Crippen LogP contribution in [0.5, 0.6) is 11.5 Å². The summed E-state index contributed by atoms with van der Waals surface area (Å²) in [6.45, 7) is 3.47. The number of alkyl halides is 3. The van der Waals surface area contributed by atoms with Crippen molar-refractivity contribution in [2.75, 3.05) is 19.0 Å². The molecular formula is C18H19F3N4O3. The molecule has 0 aliphatic heterocycles. The summed E-state index contributed by atoms with van der Waals surface area (Å²) in [4.78, 5) is 0. The van der Waals surface area contributed by atoms with Crippen LogP contribution in [-0.4, -0.2) is 45.3 Å². The third kappa shape index (κ3) is 4.45. The molecule has 2 aromatic heterocycles. The Kier molecular flexibility index (Phi) is 5.07. The number of hydrogen-bond donors (Lipinski definition) is 2. The van der Waals surface area contributed by atoms with Gasteiger partial charge in [-0.3, -0.25) is 4.40 Å².